The molecule has 2 N–H and O–H groups in total. The second-order valence-corrected chi connectivity index (χ2v) is 7.18. The van der Waals surface area contributed by atoms with Gasteiger partial charge >= 0.3 is 5.97 Å². The van der Waals surface area contributed by atoms with Crippen molar-refractivity contribution in [1.29, 1.82) is 0 Å². The molecule has 0 aliphatic heterocycles. The van der Waals surface area contributed by atoms with Crippen LogP contribution in [0.4, 0.5) is 11.4 Å². The fourth-order valence-corrected chi connectivity index (χ4v) is 2.98. The quantitative estimate of drug-likeness (QED) is 0.677. The average Bonchev–Trinajstić information content (AvgIpc) is 2.46. The largest absolute Gasteiger partial charge is 0.456 e. The number of carbonyl (C=O) groups is 1. The van der Waals surface area contributed by atoms with E-state index in [4.69, 9.17) is 10.5 Å². The Labute approximate surface area is 133 Å². The van der Waals surface area contributed by atoms with E-state index in [2.05, 4.69) is 11.9 Å². The summed E-state index contributed by atoms with van der Waals surface area (Å²) < 4.78 is 5.45. The van der Waals surface area contributed by atoms with Crippen LogP contribution in [0.1, 0.15) is 63.2 Å². The van der Waals surface area contributed by atoms with Gasteiger partial charge in [0, 0.05) is 13.1 Å². The van der Waals surface area contributed by atoms with Crippen LogP contribution in [0.25, 0.3) is 0 Å². The van der Waals surface area contributed by atoms with Gasteiger partial charge < -0.3 is 15.4 Å². The molecule has 1 aromatic rings. The molecule has 0 bridgehead atoms. The standard InChI is InChI=1S/C18H28N2O2/c1-18(2,3)22-17(21)13-10-11-15(19)16(12-13)20(4)14-8-6-5-7-9-14/h10-12,14H,5-9,19H2,1-4H3. The van der Waals surface area contributed by atoms with Gasteiger partial charge in [0.25, 0.3) is 0 Å². The number of carbonyl (C=O) groups excluding carboxylic acids is 1. The van der Waals surface area contributed by atoms with Gasteiger partial charge in [-0.1, -0.05) is 19.3 Å². The Morgan fingerprint density at radius 1 is 1.23 bits per heavy atom. The maximum absolute atomic E-state index is 12.2. The molecule has 0 aromatic heterocycles. The molecular formula is C18H28N2O2. The Hall–Kier alpha value is -1.71. The molecule has 122 valence electrons. The Morgan fingerprint density at radius 2 is 1.86 bits per heavy atom. The molecule has 0 radical (unpaired) electrons. The van der Waals surface area contributed by atoms with Crippen molar-refractivity contribution >= 4 is 17.3 Å². The van der Waals surface area contributed by atoms with E-state index in [1.165, 1.54) is 32.1 Å². The Balaban J connectivity index is 2.20. The van der Waals surface area contributed by atoms with Crippen molar-refractivity contribution in [2.75, 3.05) is 17.7 Å². The first-order chi connectivity index (χ1) is 10.3. The first-order valence-corrected chi connectivity index (χ1v) is 8.13. The predicted molar refractivity (Wildman–Crippen MR) is 91.3 cm³/mol. The van der Waals surface area contributed by atoms with Gasteiger partial charge in [0.2, 0.25) is 0 Å². The summed E-state index contributed by atoms with van der Waals surface area (Å²) in [5, 5.41) is 0. The molecule has 4 nitrogen and oxygen atoms in total. The highest BCUT2D eigenvalue weighted by atomic mass is 16.6. The van der Waals surface area contributed by atoms with E-state index in [1.54, 1.807) is 12.1 Å². The highest BCUT2D eigenvalue weighted by Gasteiger charge is 2.22. The lowest BCUT2D eigenvalue weighted by Crippen LogP contribution is -2.34. The molecule has 0 unspecified atom stereocenters. The number of nitrogens with two attached hydrogens (primary N) is 1. The molecule has 0 atom stereocenters. The second kappa shape index (κ2) is 6.59. The minimum absolute atomic E-state index is 0.300. The molecule has 0 spiro atoms. The molecule has 1 saturated carbocycles. The molecule has 0 heterocycles. The highest BCUT2D eigenvalue weighted by molar-refractivity contribution is 5.92. The molecule has 1 aliphatic rings. The summed E-state index contributed by atoms with van der Waals surface area (Å²) in [5.74, 6) is -0.300. The smallest absolute Gasteiger partial charge is 0.338 e. The van der Waals surface area contributed by atoms with Crippen LogP contribution in [0.15, 0.2) is 18.2 Å². The van der Waals surface area contributed by atoms with Gasteiger partial charge in [-0.2, -0.15) is 0 Å². The summed E-state index contributed by atoms with van der Waals surface area (Å²) >= 11 is 0. The van der Waals surface area contributed by atoms with Crippen molar-refractivity contribution < 1.29 is 9.53 Å². The van der Waals surface area contributed by atoms with Crippen LogP contribution in [0, 0.1) is 0 Å². The normalized spacial score (nSPS) is 16.4. The van der Waals surface area contributed by atoms with Gasteiger partial charge in [0.05, 0.1) is 16.9 Å². The Bertz CT molecular complexity index is 528. The van der Waals surface area contributed by atoms with Crippen LogP contribution in [-0.2, 0) is 4.74 Å². The van der Waals surface area contributed by atoms with Gasteiger partial charge in [0.1, 0.15) is 5.60 Å². The molecule has 1 fully saturated rings. The minimum Gasteiger partial charge on any atom is -0.456 e. The fourth-order valence-electron chi connectivity index (χ4n) is 2.98. The van der Waals surface area contributed by atoms with E-state index in [1.807, 2.05) is 26.8 Å². The van der Waals surface area contributed by atoms with E-state index >= 15 is 0 Å². The third kappa shape index (κ3) is 4.15. The lowest BCUT2D eigenvalue weighted by atomic mass is 9.94. The number of nitrogen functional groups attached to an aromatic ring is 1. The summed E-state index contributed by atoms with van der Waals surface area (Å²) in [6.45, 7) is 5.62. The van der Waals surface area contributed by atoms with Gasteiger partial charge in [-0.15, -0.1) is 0 Å². The highest BCUT2D eigenvalue weighted by Crippen LogP contribution is 2.31. The summed E-state index contributed by atoms with van der Waals surface area (Å²) in [5.41, 5.74) is 7.83. The summed E-state index contributed by atoms with van der Waals surface area (Å²) in [6.07, 6.45) is 6.22. The van der Waals surface area contributed by atoms with Crippen LogP contribution in [-0.4, -0.2) is 24.7 Å². The van der Waals surface area contributed by atoms with Gasteiger partial charge in [-0.05, 0) is 51.8 Å². The lowest BCUT2D eigenvalue weighted by molar-refractivity contribution is 0.00696. The Morgan fingerprint density at radius 3 is 2.45 bits per heavy atom. The predicted octanol–water partition coefficient (Wildman–Crippen LogP) is 3.99. The van der Waals surface area contributed by atoms with E-state index in [0.717, 1.165) is 5.69 Å². The fraction of sp³-hybridized carbons (Fsp3) is 0.611. The van der Waals surface area contributed by atoms with Gasteiger partial charge in [-0.3, -0.25) is 0 Å². The van der Waals surface area contributed by atoms with Crippen LogP contribution in [0.5, 0.6) is 0 Å². The number of ether oxygens (including phenoxy) is 1. The van der Waals surface area contributed by atoms with Crippen LogP contribution < -0.4 is 10.6 Å². The van der Waals surface area contributed by atoms with Crippen molar-refractivity contribution in [3.05, 3.63) is 23.8 Å². The van der Waals surface area contributed by atoms with E-state index < -0.39 is 5.60 Å². The van der Waals surface area contributed by atoms with E-state index in [0.29, 0.717) is 17.3 Å². The molecule has 2 rings (SSSR count). The van der Waals surface area contributed by atoms with Crippen LogP contribution in [0.2, 0.25) is 0 Å². The molecular weight excluding hydrogens is 276 g/mol. The molecule has 22 heavy (non-hydrogen) atoms. The minimum atomic E-state index is -0.492. The zero-order valence-corrected chi connectivity index (χ0v) is 14.2. The number of anilines is 2. The summed E-state index contributed by atoms with van der Waals surface area (Å²) in [4.78, 5) is 14.5. The molecule has 1 aliphatic carbocycles. The number of hydrogen-bond acceptors (Lipinski definition) is 4. The van der Waals surface area contributed by atoms with Crippen molar-refractivity contribution in [3.63, 3.8) is 0 Å². The van der Waals surface area contributed by atoms with E-state index in [9.17, 15) is 4.79 Å². The van der Waals surface area contributed by atoms with Crippen molar-refractivity contribution in [3.8, 4) is 0 Å². The number of benzene rings is 1. The van der Waals surface area contributed by atoms with Crippen molar-refractivity contribution in [2.24, 2.45) is 0 Å². The maximum Gasteiger partial charge on any atom is 0.338 e. The SMILES string of the molecule is CN(c1cc(C(=O)OC(C)(C)C)ccc1N)C1CCCCC1. The summed E-state index contributed by atoms with van der Waals surface area (Å²) in [7, 11) is 2.07. The van der Waals surface area contributed by atoms with Crippen molar-refractivity contribution in [1.82, 2.24) is 0 Å². The first kappa shape index (κ1) is 16.7. The Kier molecular flexibility index (Phi) is 4.99. The van der Waals surface area contributed by atoms with Crippen molar-refractivity contribution in [2.45, 2.75) is 64.5 Å². The zero-order chi connectivity index (χ0) is 16.3. The topological polar surface area (TPSA) is 55.6 Å². The monoisotopic (exact) mass is 304 g/mol. The number of rotatable bonds is 3. The van der Waals surface area contributed by atoms with Crippen LogP contribution >= 0.6 is 0 Å². The third-order valence-electron chi connectivity index (χ3n) is 4.17. The second-order valence-electron chi connectivity index (χ2n) is 7.18. The molecule has 0 amide bonds. The number of hydrogen-bond donors (Lipinski definition) is 1. The number of nitrogens with zero attached hydrogens (tertiary/aromatic N) is 1. The maximum atomic E-state index is 12.2. The van der Waals surface area contributed by atoms with Gasteiger partial charge in [-0.25, -0.2) is 4.79 Å². The number of esters is 1. The third-order valence-corrected chi connectivity index (χ3v) is 4.17. The lowest BCUT2D eigenvalue weighted by Gasteiger charge is -2.34. The molecule has 4 heteroatoms. The zero-order valence-electron chi connectivity index (χ0n) is 14.2. The average molecular weight is 304 g/mol. The van der Waals surface area contributed by atoms with Gasteiger partial charge in [0.15, 0.2) is 0 Å². The molecule has 0 saturated heterocycles. The summed E-state index contributed by atoms with van der Waals surface area (Å²) in [6, 6.07) is 5.90. The van der Waals surface area contributed by atoms with E-state index in [-0.39, 0.29) is 5.97 Å². The molecule has 1 aromatic carbocycles. The first-order valence-electron chi connectivity index (χ1n) is 8.13. The van der Waals surface area contributed by atoms with Crippen LogP contribution in [0.3, 0.4) is 0 Å².